The van der Waals surface area contributed by atoms with Crippen molar-refractivity contribution in [3.05, 3.63) is 9.65 Å². The zero-order chi connectivity index (χ0) is 9.84. The van der Waals surface area contributed by atoms with Crippen LogP contribution < -0.4 is 0 Å². The van der Waals surface area contributed by atoms with E-state index in [1.807, 2.05) is 4.90 Å². The van der Waals surface area contributed by atoms with E-state index in [2.05, 4.69) is 0 Å². The summed E-state index contributed by atoms with van der Waals surface area (Å²) in [5.41, 5.74) is 0. The van der Waals surface area contributed by atoms with Gasteiger partial charge in [-0.05, 0) is 19.3 Å². The maximum atomic E-state index is 5.92. The molecule has 0 bridgehead atoms. The zero-order valence-electron chi connectivity index (χ0n) is 7.02. The fourth-order valence-electron chi connectivity index (χ4n) is 1.29. The van der Waals surface area contributed by atoms with Gasteiger partial charge in [0.1, 0.15) is 9.65 Å². The third-order valence-corrected chi connectivity index (χ3v) is 3.34. The van der Waals surface area contributed by atoms with E-state index in [0.29, 0.717) is 5.16 Å². The molecule has 1 aliphatic heterocycles. The van der Waals surface area contributed by atoms with E-state index in [-0.39, 0.29) is 4.49 Å². The molecule has 1 fully saturated rings. The second-order valence-electron chi connectivity index (χ2n) is 2.91. The predicted molar refractivity (Wildman–Crippen MR) is 62.4 cm³/mol. The molecule has 0 amide bonds. The highest BCUT2D eigenvalue weighted by molar-refractivity contribution is 7.80. The van der Waals surface area contributed by atoms with Crippen LogP contribution in [0.3, 0.4) is 0 Å². The van der Waals surface area contributed by atoms with Crippen LogP contribution >= 0.6 is 47.0 Å². The van der Waals surface area contributed by atoms with Gasteiger partial charge in [-0.25, -0.2) is 0 Å². The van der Waals surface area contributed by atoms with Crippen LogP contribution in [-0.4, -0.2) is 16.4 Å². The first-order valence-corrected chi connectivity index (χ1v) is 5.68. The molecule has 0 aromatic rings. The van der Waals surface area contributed by atoms with Crippen LogP contribution in [0.5, 0.6) is 0 Å². The first-order valence-electron chi connectivity index (χ1n) is 4.14. The van der Waals surface area contributed by atoms with Gasteiger partial charge < -0.3 is 4.90 Å². The molecular weight excluding hydrogens is 249 g/mol. The highest BCUT2D eigenvalue weighted by atomic mass is 35.5. The summed E-state index contributed by atoms with van der Waals surface area (Å²) in [5, 5.41) is 0.357. The molecule has 0 radical (unpaired) electrons. The highest BCUT2D eigenvalue weighted by Gasteiger charge is 2.17. The van der Waals surface area contributed by atoms with Crippen LogP contribution in [0.15, 0.2) is 9.65 Å². The first-order chi connectivity index (χ1) is 6.13. The van der Waals surface area contributed by atoms with Crippen molar-refractivity contribution >= 4 is 52.0 Å². The van der Waals surface area contributed by atoms with Gasteiger partial charge in [0.05, 0.1) is 4.99 Å². The molecule has 5 heteroatoms. The minimum Gasteiger partial charge on any atom is -0.325 e. The summed E-state index contributed by atoms with van der Waals surface area (Å²) in [5.74, 6) is 0. The molecule has 1 aliphatic rings. The van der Waals surface area contributed by atoms with Crippen LogP contribution in [0.4, 0.5) is 0 Å². The van der Waals surface area contributed by atoms with Crippen LogP contribution in [0.2, 0.25) is 0 Å². The maximum Gasteiger partial charge on any atom is 0.142 e. The summed E-state index contributed by atoms with van der Waals surface area (Å²) in [6.45, 7) is 0.820. The maximum absolute atomic E-state index is 5.92. The molecule has 13 heavy (non-hydrogen) atoms. The summed E-state index contributed by atoms with van der Waals surface area (Å²) in [7, 11) is 0. The summed E-state index contributed by atoms with van der Waals surface area (Å²) >= 11 is 22.3. The Balaban J connectivity index is 2.76. The van der Waals surface area contributed by atoms with Gasteiger partial charge in [-0.2, -0.15) is 0 Å². The average molecular weight is 259 g/mol. The number of hydrogen-bond acceptors (Lipinski definition) is 1. The Morgan fingerprint density at radius 3 is 2.46 bits per heavy atom. The number of hydrogen-bond donors (Lipinski definition) is 0. The molecule has 0 spiro atoms. The van der Waals surface area contributed by atoms with Crippen LogP contribution in [-0.2, 0) is 0 Å². The zero-order valence-corrected chi connectivity index (χ0v) is 10.1. The van der Waals surface area contributed by atoms with Gasteiger partial charge in [-0.15, -0.1) is 0 Å². The Morgan fingerprint density at radius 1 is 1.15 bits per heavy atom. The Morgan fingerprint density at radius 2 is 1.85 bits per heavy atom. The summed E-state index contributed by atoms with van der Waals surface area (Å²) in [6.07, 6.45) is 4.28. The summed E-state index contributed by atoms with van der Waals surface area (Å²) in [4.78, 5) is 2.65. The van der Waals surface area contributed by atoms with Crippen molar-refractivity contribution in [2.45, 2.75) is 25.7 Å². The number of rotatable bonds is 1. The number of nitrogens with zero attached hydrogens (tertiary/aromatic N) is 1. The SMILES string of the molecule is S=C1CCCCCN1C(Cl)=C(Cl)Cl. The minimum atomic E-state index is 0.0888. The predicted octanol–water partition coefficient (Wildman–Crippen LogP) is 4.03. The van der Waals surface area contributed by atoms with Gasteiger partial charge in [-0.1, -0.05) is 53.4 Å². The van der Waals surface area contributed by atoms with Crippen molar-refractivity contribution in [3.8, 4) is 0 Å². The first kappa shape index (κ1) is 11.6. The highest BCUT2D eigenvalue weighted by Crippen LogP contribution is 2.25. The molecule has 1 saturated heterocycles. The second kappa shape index (κ2) is 5.40. The number of thiocarbonyl (C=S) groups is 1. The van der Waals surface area contributed by atoms with Gasteiger partial charge in [0.25, 0.3) is 0 Å². The second-order valence-corrected chi connectivity index (χ2v) is 4.69. The number of halogens is 3. The third-order valence-electron chi connectivity index (χ3n) is 1.97. The Bertz CT molecular complexity index is 236. The average Bonchev–Trinajstić information content (AvgIpc) is 2.28. The smallest absolute Gasteiger partial charge is 0.142 e. The quantitative estimate of drug-likeness (QED) is 0.516. The molecular formula is C8H10Cl3NS. The third kappa shape index (κ3) is 3.28. The normalized spacial score (nSPS) is 18.4. The largest absolute Gasteiger partial charge is 0.325 e. The molecule has 0 unspecified atom stereocenters. The molecule has 1 rings (SSSR count). The lowest BCUT2D eigenvalue weighted by Crippen LogP contribution is -2.26. The van der Waals surface area contributed by atoms with Crippen molar-refractivity contribution < 1.29 is 0 Å². The van der Waals surface area contributed by atoms with Crippen LogP contribution in [0.1, 0.15) is 25.7 Å². The van der Waals surface area contributed by atoms with E-state index < -0.39 is 0 Å². The lowest BCUT2D eigenvalue weighted by molar-refractivity contribution is 0.534. The summed E-state index contributed by atoms with van der Waals surface area (Å²) < 4.78 is 0.0888. The molecule has 0 aromatic heterocycles. The van der Waals surface area contributed by atoms with E-state index in [4.69, 9.17) is 47.0 Å². The van der Waals surface area contributed by atoms with Crippen molar-refractivity contribution in [3.63, 3.8) is 0 Å². The standard InChI is InChI=1S/C8H10Cl3NS/c9-7(10)8(11)12-5-3-1-2-4-6(12)13/h1-5H2. The van der Waals surface area contributed by atoms with E-state index in [1.54, 1.807) is 0 Å². The Kier molecular flexibility index (Phi) is 4.81. The van der Waals surface area contributed by atoms with Crippen molar-refractivity contribution in [1.29, 1.82) is 0 Å². The van der Waals surface area contributed by atoms with Gasteiger partial charge >= 0.3 is 0 Å². The Labute approximate surface area is 98.6 Å². The van der Waals surface area contributed by atoms with Crippen molar-refractivity contribution in [2.24, 2.45) is 0 Å². The van der Waals surface area contributed by atoms with Gasteiger partial charge in [-0.3, -0.25) is 0 Å². The molecule has 0 saturated carbocycles. The number of likely N-dealkylation sites (tertiary alicyclic amines) is 1. The molecule has 0 aliphatic carbocycles. The van der Waals surface area contributed by atoms with E-state index in [0.717, 1.165) is 30.8 Å². The minimum absolute atomic E-state index is 0.0888. The molecule has 0 N–H and O–H groups in total. The van der Waals surface area contributed by atoms with Crippen LogP contribution in [0.25, 0.3) is 0 Å². The van der Waals surface area contributed by atoms with Gasteiger partial charge in [0, 0.05) is 6.54 Å². The topological polar surface area (TPSA) is 3.24 Å². The molecule has 74 valence electrons. The molecule has 0 aromatic carbocycles. The molecule has 0 atom stereocenters. The van der Waals surface area contributed by atoms with Gasteiger partial charge in [0.15, 0.2) is 0 Å². The van der Waals surface area contributed by atoms with Gasteiger partial charge in [0.2, 0.25) is 0 Å². The van der Waals surface area contributed by atoms with Crippen LogP contribution in [0, 0.1) is 0 Å². The molecule has 1 heterocycles. The van der Waals surface area contributed by atoms with E-state index >= 15 is 0 Å². The summed E-state index contributed by atoms with van der Waals surface area (Å²) in [6, 6.07) is 0. The van der Waals surface area contributed by atoms with Crippen molar-refractivity contribution in [1.82, 2.24) is 4.90 Å². The fourth-order valence-corrected chi connectivity index (χ4v) is 2.06. The monoisotopic (exact) mass is 257 g/mol. The lowest BCUT2D eigenvalue weighted by Gasteiger charge is -2.21. The Hall–Kier alpha value is 0.500. The lowest BCUT2D eigenvalue weighted by atomic mass is 10.2. The van der Waals surface area contributed by atoms with E-state index in [1.165, 1.54) is 6.42 Å². The van der Waals surface area contributed by atoms with Crippen molar-refractivity contribution in [2.75, 3.05) is 6.54 Å². The van der Waals surface area contributed by atoms with E-state index in [9.17, 15) is 0 Å². The molecule has 1 nitrogen and oxygen atoms in total. The fraction of sp³-hybridized carbons (Fsp3) is 0.625.